The lowest BCUT2D eigenvalue weighted by molar-refractivity contribution is -0.123. The molecule has 1 amide bonds. The molecule has 5 heteroatoms. The van der Waals surface area contributed by atoms with Gasteiger partial charge in [-0.25, -0.2) is 0 Å². The Kier molecular flexibility index (Phi) is 7.53. The van der Waals surface area contributed by atoms with E-state index >= 15 is 0 Å². The fourth-order valence-electron chi connectivity index (χ4n) is 3.00. The van der Waals surface area contributed by atoms with Crippen molar-refractivity contribution in [2.75, 3.05) is 13.7 Å². The zero-order chi connectivity index (χ0) is 20.9. The van der Waals surface area contributed by atoms with Crippen molar-refractivity contribution in [2.24, 2.45) is 0 Å². The van der Waals surface area contributed by atoms with Gasteiger partial charge in [-0.3, -0.25) is 4.79 Å². The minimum Gasteiger partial charge on any atom is -0.496 e. The van der Waals surface area contributed by atoms with Crippen LogP contribution in [0.3, 0.4) is 0 Å². The Balaban J connectivity index is 2.00. The van der Waals surface area contributed by atoms with Crippen LogP contribution >= 0.6 is 15.9 Å². The highest BCUT2D eigenvalue weighted by Gasteiger charge is 2.17. The van der Waals surface area contributed by atoms with E-state index in [9.17, 15) is 4.79 Å². The van der Waals surface area contributed by atoms with Crippen LogP contribution < -0.4 is 14.8 Å². The van der Waals surface area contributed by atoms with E-state index < -0.39 is 0 Å². The first kappa shape index (κ1) is 22.3. The average Bonchev–Trinajstić information content (AvgIpc) is 2.64. The Morgan fingerprint density at radius 3 is 2.36 bits per heavy atom. The number of nitrogens with one attached hydrogen (secondary N) is 1. The number of ether oxygens (including phenoxy) is 2. The molecular weight excluding hydrogens is 418 g/mol. The summed E-state index contributed by atoms with van der Waals surface area (Å²) in [4.78, 5) is 12.4. The first-order chi connectivity index (χ1) is 13.2. The zero-order valence-corrected chi connectivity index (χ0v) is 19.1. The molecule has 28 heavy (non-hydrogen) atoms. The van der Waals surface area contributed by atoms with Crippen molar-refractivity contribution in [3.05, 3.63) is 57.6 Å². The van der Waals surface area contributed by atoms with Crippen LogP contribution in [0.2, 0.25) is 0 Å². The molecule has 0 radical (unpaired) electrons. The summed E-state index contributed by atoms with van der Waals surface area (Å²) in [7, 11) is 1.66. The first-order valence-electron chi connectivity index (χ1n) is 9.52. The van der Waals surface area contributed by atoms with Crippen molar-refractivity contribution >= 4 is 21.8 Å². The number of hydrogen-bond donors (Lipinski definition) is 1. The maximum absolute atomic E-state index is 12.4. The van der Waals surface area contributed by atoms with E-state index in [1.54, 1.807) is 7.11 Å². The molecule has 0 fully saturated rings. The second kappa shape index (κ2) is 9.46. The molecule has 2 aromatic carbocycles. The number of methoxy groups -OCH3 is 1. The third-order valence-electron chi connectivity index (χ3n) is 4.72. The number of halogens is 1. The van der Waals surface area contributed by atoms with E-state index in [1.807, 2.05) is 44.2 Å². The normalized spacial score (nSPS) is 12.4. The summed E-state index contributed by atoms with van der Waals surface area (Å²) in [6, 6.07) is 11.9. The highest BCUT2D eigenvalue weighted by molar-refractivity contribution is 9.10. The van der Waals surface area contributed by atoms with E-state index in [1.165, 1.54) is 5.56 Å². The number of amides is 1. The topological polar surface area (TPSA) is 47.6 Å². The number of hydrogen-bond acceptors (Lipinski definition) is 3. The molecular formula is C23H30BrNO3. The monoisotopic (exact) mass is 447 g/mol. The number of aryl methyl sites for hydroxylation is 1. The molecule has 1 atom stereocenters. The molecule has 2 aromatic rings. The van der Waals surface area contributed by atoms with Gasteiger partial charge in [0.05, 0.1) is 17.6 Å². The summed E-state index contributed by atoms with van der Waals surface area (Å²) < 4.78 is 11.9. The van der Waals surface area contributed by atoms with Gasteiger partial charge in [-0.1, -0.05) is 45.9 Å². The Hall–Kier alpha value is -2.01. The molecule has 0 aliphatic carbocycles. The number of carbonyl (C=O) groups excluding carboxylic acids is 1. The van der Waals surface area contributed by atoms with Gasteiger partial charge in [0.1, 0.15) is 11.5 Å². The highest BCUT2D eigenvalue weighted by atomic mass is 79.9. The lowest BCUT2D eigenvalue weighted by Gasteiger charge is -2.21. The van der Waals surface area contributed by atoms with Crippen molar-refractivity contribution in [3.63, 3.8) is 0 Å². The van der Waals surface area contributed by atoms with Gasteiger partial charge in [0.25, 0.3) is 5.91 Å². The molecule has 0 spiro atoms. The summed E-state index contributed by atoms with van der Waals surface area (Å²) in [5.74, 6) is 1.36. The SMILES string of the molecule is CC[C@H](NC(=O)COc1ccc(C(C)(C)C)cc1Br)c1ccc(OC)c(C)c1. The van der Waals surface area contributed by atoms with Crippen LogP contribution in [0.15, 0.2) is 40.9 Å². The number of benzene rings is 2. The molecule has 0 aliphatic rings. The van der Waals surface area contributed by atoms with E-state index in [0.29, 0.717) is 5.75 Å². The minimum absolute atomic E-state index is 0.0287. The largest absolute Gasteiger partial charge is 0.496 e. The molecule has 0 unspecified atom stereocenters. The summed E-state index contributed by atoms with van der Waals surface area (Å²) >= 11 is 3.54. The lowest BCUT2D eigenvalue weighted by atomic mass is 9.87. The van der Waals surface area contributed by atoms with Crippen molar-refractivity contribution in [2.45, 2.75) is 52.5 Å². The highest BCUT2D eigenvalue weighted by Crippen LogP contribution is 2.31. The lowest BCUT2D eigenvalue weighted by Crippen LogP contribution is -2.32. The zero-order valence-electron chi connectivity index (χ0n) is 17.6. The smallest absolute Gasteiger partial charge is 0.258 e. The summed E-state index contributed by atoms with van der Waals surface area (Å²) in [6.45, 7) is 10.5. The van der Waals surface area contributed by atoms with Crippen molar-refractivity contribution in [1.82, 2.24) is 5.32 Å². The van der Waals surface area contributed by atoms with Crippen LogP contribution in [0.25, 0.3) is 0 Å². The van der Waals surface area contributed by atoms with E-state index in [4.69, 9.17) is 9.47 Å². The molecule has 0 aliphatic heterocycles. The van der Waals surface area contributed by atoms with Crippen LogP contribution in [0.5, 0.6) is 11.5 Å². The van der Waals surface area contributed by atoms with Crippen LogP contribution in [-0.2, 0) is 10.2 Å². The Morgan fingerprint density at radius 1 is 1.14 bits per heavy atom. The Morgan fingerprint density at radius 2 is 1.82 bits per heavy atom. The van der Waals surface area contributed by atoms with Gasteiger partial charge in [0, 0.05) is 0 Å². The van der Waals surface area contributed by atoms with Gasteiger partial charge in [-0.15, -0.1) is 0 Å². The van der Waals surface area contributed by atoms with Gasteiger partial charge in [-0.2, -0.15) is 0 Å². The van der Waals surface area contributed by atoms with Crippen LogP contribution in [0, 0.1) is 6.92 Å². The fraction of sp³-hybridized carbons (Fsp3) is 0.435. The van der Waals surface area contributed by atoms with Gasteiger partial charge in [0.2, 0.25) is 0 Å². The quantitative estimate of drug-likeness (QED) is 0.590. The average molecular weight is 448 g/mol. The summed E-state index contributed by atoms with van der Waals surface area (Å²) in [5, 5.41) is 3.05. The predicted molar refractivity (Wildman–Crippen MR) is 117 cm³/mol. The maximum Gasteiger partial charge on any atom is 0.258 e. The Labute approximate surface area is 176 Å². The van der Waals surface area contributed by atoms with Gasteiger partial charge in [0.15, 0.2) is 6.61 Å². The van der Waals surface area contributed by atoms with Crippen molar-refractivity contribution < 1.29 is 14.3 Å². The fourth-order valence-corrected chi connectivity index (χ4v) is 3.50. The van der Waals surface area contributed by atoms with E-state index in [-0.39, 0.29) is 24.0 Å². The van der Waals surface area contributed by atoms with E-state index in [0.717, 1.165) is 27.8 Å². The van der Waals surface area contributed by atoms with Crippen LogP contribution in [-0.4, -0.2) is 19.6 Å². The standard InChI is InChI=1S/C23H30BrNO3/c1-7-19(16-8-10-20(27-6)15(2)12-16)25-22(26)14-28-21-11-9-17(13-18(21)24)23(3,4)5/h8-13,19H,7,14H2,1-6H3,(H,25,26)/t19-/m0/s1. The molecule has 152 valence electrons. The number of carbonyl (C=O) groups is 1. The molecule has 4 nitrogen and oxygen atoms in total. The van der Waals surface area contributed by atoms with Gasteiger partial charge in [-0.05, 0) is 69.6 Å². The number of rotatable bonds is 7. The van der Waals surface area contributed by atoms with Gasteiger partial charge < -0.3 is 14.8 Å². The third kappa shape index (κ3) is 5.74. The summed E-state index contributed by atoms with van der Waals surface area (Å²) in [6.07, 6.45) is 0.793. The van der Waals surface area contributed by atoms with Crippen LogP contribution in [0.1, 0.15) is 56.8 Å². The minimum atomic E-state index is -0.146. The van der Waals surface area contributed by atoms with Crippen molar-refractivity contribution in [1.29, 1.82) is 0 Å². The second-order valence-electron chi connectivity index (χ2n) is 7.94. The molecule has 0 aromatic heterocycles. The summed E-state index contributed by atoms with van der Waals surface area (Å²) in [5.41, 5.74) is 3.37. The van der Waals surface area contributed by atoms with Crippen molar-refractivity contribution in [3.8, 4) is 11.5 Å². The van der Waals surface area contributed by atoms with E-state index in [2.05, 4.69) is 48.1 Å². The molecule has 0 saturated carbocycles. The van der Waals surface area contributed by atoms with Crippen LogP contribution in [0.4, 0.5) is 0 Å². The molecule has 2 rings (SSSR count). The first-order valence-corrected chi connectivity index (χ1v) is 10.3. The molecule has 0 heterocycles. The second-order valence-corrected chi connectivity index (χ2v) is 8.80. The third-order valence-corrected chi connectivity index (χ3v) is 5.34. The predicted octanol–water partition coefficient (Wildman–Crippen LogP) is 5.71. The molecule has 1 N–H and O–H groups in total. The molecule has 0 saturated heterocycles. The Bertz CT molecular complexity index is 827. The maximum atomic E-state index is 12.4. The van der Waals surface area contributed by atoms with Gasteiger partial charge >= 0.3 is 0 Å². The molecule has 0 bridgehead atoms.